The van der Waals surface area contributed by atoms with Gasteiger partial charge in [-0.2, -0.15) is 0 Å². The van der Waals surface area contributed by atoms with Crippen molar-refractivity contribution < 1.29 is 9.13 Å². The van der Waals surface area contributed by atoms with Crippen LogP contribution in [-0.4, -0.2) is 4.98 Å². The van der Waals surface area contributed by atoms with Crippen molar-refractivity contribution in [2.45, 2.75) is 0 Å². The Kier molecular flexibility index (Phi) is 2.83. The molecule has 2 nitrogen and oxygen atoms in total. The lowest BCUT2D eigenvalue weighted by Gasteiger charge is -2.04. The zero-order valence-corrected chi connectivity index (χ0v) is 8.41. The normalized spacial score (nSPS) is 10.0. The lowest BCUT2D eigenvalue weighted by atomic mass is 10.3. The Hall–Kier alpha value is -1.61. The molecule has 1 aromatic carbocycles. The third kappa shape index (κ3) is 2.67. The number of rotatable bonds is 2. The fourth-order valence-electron chi connectivity index (χ4n) is 1.10. The molecule has 0 amide bonds. The predicted molar refractivity (Wildman–Crippen MR) is 55.7 cm³/mol. The molecule has 0 radical (unpaired) electrons. The molecule has 0 N–H and O–H groups in total. The van der Waals surface area contributed by atoms with Crippen LogP contribution in [0.2, 0.25) is 5.15 Å². The van der Waals surface area contributed by atoms with Crippen LogP contribution in [0.5, 0.6) is 11.6 Å². The van der Waals surface area contributed by atoms with Gasteiger partial charge >= 0.3 is 0 Å². The summed E-state index contributed by atoms with van der Waals surface area (Å²) in [6.45, 7) is 0. The molecule has 1 aromatic heterocycles. The summed E-state index contributed by atoms with van der Waals surface area (Å²) in [5, 5.41) is 0.337. The highest BCUT2D eigenvalue weighted by molar-refractivity contribution is 6.29. The van der Waals surface area contributed by atoms with Gasteiger partial charge in [0.2, 0.25) is 5.88 Å². The Balaban J connectivity index is 2.22. The first-order valence-corrected chi connectivity index (χ1v) is 4.68. The first-order chi connectivity index (χ1) is 7.24. The van der Waals surface area contributed by atoms with Crippen molar-refractivity contribution in [2.24, 2.45) is 0 Å². The third-order valence-electron chi connectivity index (χ3n) is 1.71. The maximum Gasteiger partial charge on any atom is 0.220 e. The van der Waals surface area contributed by atoms with E-state index in [4.69, 9.17) is 16.3 Å². The maximum absolute atomic E-state index is 12.8. The van der Waals surface area contributed by atoms with Gasteiger partial charge < -0.3 is 4.74 Å². The van der Waals surface area contributed by atoms with Crippen molar-refractivity contribution in [3.63, 3.8) is 0 Å². The Morgan fingerprint density at radius 3 is 2.67 bits per heavy atom. The molecule has 4 heteroatoms. The predicted octanol–water partition coefficient (Wildman–Crippen LogP) is 3.67. The third-order valence-corrected chi connectivity index (χ3v) is 1.92. The van der Waals surface area contributed by atoms with Crippen molar-refractivity contribution >= 4 is 11.6 Å². The summed E-state index contributed by atoms with van der Waals surface area (Å²) in [6.07, 6.45) is 0. The number of halogens is 2. The average molecular weight is 224 g/mol. The van der Waals surface area contributed by atoms with Crippen LogP contribution in [-0.2, 0) is 0 Å². The first-order valence-electron chi connectivity index (χ1n) is 4.30. The van der Waals surface area contributed by atoms with E-state index in [1.54, 1.807) is 30.3 Å². The van der Waals surface area contributed by atoms with Crippen LogP contribution in [0.4, 0.5) is 4.39 Å². The van der Waals surface area contributed by atoms with Crippen LogP contribution in [0.3, 0.4) is 0 Å². The Morgan fingerprint density at radius 1 is 1.13 bits per heavy atom. The van der Waals surface area contributed by atoms with Crippen LogP contribution < -0.4 is 4.74 Å². The van der Waals surface area contributed by atoms with E-state index in [1.807, 2.05) is 0 Å². The molecule has 0 fully saturated rings. The summed E-state index contributed by atoms with van der Waals surface area (Å²) in [5.74, 6) is 0.382. The molecule has 0 atom stereocenters. The quantitative estimate of drug-likeness (QED) is 0.725. The molecular formula is C11H7ClFNO. The molecule has 76 valence electrons. The van der Waals surface area contributed by atoms with Crippen LogP contribution in [0, 0.1) is 5.82 Å². The van der Waals surface area contributed by atoms with E-state index in [-0.39, 0.29) is 5.82 Å². The zero-order valence-electron chi connectivity index (χ0n) is 7.65. The van der Waals surface area contributed by atoms with Gasteiger partial charge in [0.25, 0.3) is 0 Å². The van der Waals surface area contributed by atoms with Gasteiger partial charge in [0.05, 0.1) is 0 Å². The molecule has 0 bridgehead atoms. The van der Waals surface area contributed by atoms with Crippen molar-refractivity contribution in [3.8, 4) is 11.6 Å². The number of hydrogen-bond acceptors (Lipinski definition) is 2. The average Bonchev–Trinajstić information content (AvgIpc) is 2.17. The van der Waals surface area contributed by atoms with Gasteiger partial charge in [-0.1, -0.05) is 23.7 Å². The van der Waals surface area contributed by atoms with E-state index in [0.717, 1.165) is 0 Å². The monoisotopic (exact) mass is 223 g/mol. The molecule has 0 aliphatic heterocycles. The second-order valence-electron chi connectivity index (χ2n) is 2.86. The highest BCUT2D eigenvalue weighted by Crippen LogP contribution is 2.21. The number of benzene rings is 1. The molecule has 15 heavy (non-hydrogen) atoms. The second kappa shape index (κ2) is 4.28. The minimum absolute atomic E-state index is 0.337. The molecule has 0 aliphatic rings. The van der Waals surface area contributed by atoms with Gasteiger partial charge in [-0.05, 0) is 18.2 Å². The molecule has 1 heterocycles. The van der Waals surface area contributed by atoms with Gasteiger partial charge in [-0.15, -0.1) is 0 Å². The van der Waals surface area contributed by atoms with Crippen molar-refractivity contribution in [1.82, 2.24) is 4.98 Å². The molecule has 2 aromatic rings. The molecule has 0 saturated carbocycles. The lowest BCUT2D eigenvalue weighted by molar-refractivity contribution is 0.458. The number of hydrogen-bond donors (Lipinski definition) is 0. The topological polar surface area (TPSA) is 22.1 Å². The summed E-state index contributed by atoms with van der Waals surface area (Å²) in [5.41, 5.74) is 0. The Labute approximate surface area is 91.3 Å². The summed E-state index contributed by atoms with van der Waals surface area (Å²) in [7, 11) is 0. The van der Waals surface area contributed by atoms with Crippen LogP contribution in [0.25, 0.3) is 0 Å². The van der Waals surface area contributed by atoms with E-state index < -0.39 is 0 Å². The standard InChI is InChI=1S/C11H7ClFNO/c12-10-5-2-6-11(14-10)15-9-4-1-3-8(13)7-9/h1-7H. The maximum atomic E-state index is 12.8. The summed E-state index contributed by atoms with van der Waals surface area (Å²) in [6, 6.07) is 10.8. The first kappa shape index (κ1) is 9.93. The fourth-order valence-corrected chi connectivity index (χ4v) is 1.25. The second-order valence-corrected chi connectivity index (χ2v) is 3.25. The Morgan fingerprint density at radius 2 is 1.93 bits per heavy atom. The molecule has 0 unspecified atom stereocenters. The largest absolute Gasteiger partial charge is 0.439 e. The number of aromatic nitrogens is 1. The zero-order chi connectivity index (χ0) is 10.7. The molecule has 0 spiro atoms. The van der Waals surface area contributed by atoms with Crippen molar-refractivity contribution in [2.75, 3.05) is 0 Å². The van der Waals surface area contributed by atoms with E-state index in [1.165, 1.54) is 12.1 Å². The van der Waals surface area contributed by atoms with Crippen LogP contribution in [0.1, 0.15) is 0 Å². The number of ether oxygens (including phenoxy) is 1. The van der Waals surface area contributed by atoms with E-state index in [2.05, 4.69) is 4.98 Å². The SMILES string of the molecule is Fc1cccc(Oc2cccc(Cl)n2)c1. The van der Waals surface area contributed by atoms with Gasteiger partial charge in [0.15, 0.2) is 0 Å². The Bertz CT molecular complexity index is 432. The highest BCUT2D eigenvalue weighted by Gasteiger charge is 2.00. The summed E-state index contributed by atoms with van der Waals surface area (Å²) < 4.78 is 18.1. The smallest absolute Gasteiger partial charge is 0.220 e. The van der Waals surface area contributed by atoms with Crippen LogP contribution >= 0.6 is 11.6 Å². The van der Waals surface area contributed by atoms with E-state index in [9.17, 15) is 4.39 Å². The van der Waals surface area contributed by atoms with Crippen LogP contribution in [0.15, 0.2) is 42.5 Å². The van der Waals surface area contributed by atoms with Gasteiger partial charge in [0.1, 0.15) is 16.7 Å². The summed E-state index contributed by atoms with van der Waals surface area (Å²) >= 11 is 5.68. The number of nitrogens with zero attached hydrogens (tertiary/aromatic N) is 1. The van der Waals surface area contributed by atoms with E-state index in [0.29, 0.717) is 16.8 Å². The lowest BCUT2D eigenvalue weighted by Crippen LogP contribution is -1.88. The molecule has 2 rings (SSSR count). The molecule has 0 aliphatic carbocycles. The minimum Gasteiger partial charge on any atom is -0.439 e. The van der Waals surface area contributed by atoms with Gasteiger partial charge in [0, 0.05) is 12.1 Å². The fraction of sp³-hybridized carbons (Fsp3) is 0. The van der Waals surface area contributed by atoms with E-state index >= 15 is 0 Å². The van der Waals surface area contributed by atoms with Gasteiger partial charge in [-0.25, -0.2) is 9.37 Å². The van der Waals surface area contributed by atoms with Gasteiger partial charge in [-0.3, -0.25) is 0 Å². The minimum atomic E-state index is -0.352. The molecular weight excluding hydrogens is 217 g/mol. The van der Waals surface area contributed by atoms with Crippen molar-refractivity contribution in [3.05, 3.63) is 53.4 Å². The highest BCUT2D eigenvalue weighted by atomic mass is 35.5. The molecule has 0 saturated heterocycles. The number of pyridine rings is 1. The van der Waals surface area contributed by atoms with Crippen molar-refractivity contribution in [1.29, 1.82) is 0 Å². The summed E-state index contributed by atoms with van der Waals surface area (Å²) in [4.78, 5) is 3.92.